The number of hydrogen-bond donors (Lipinski definition) is 1. The van der Waals surface area contributed by atoms with Gasteiger partial charge in [-0.05, 0) is 47.9 Å². The first-order valence-electron chi connectivity index (χ1n) is 13.9. The lowest BCUT2D eigenvalue weighted by Crippen LogP contribution is -2.29. The summed E-state index contributed by atoms with van der Waals surface area (Å²) in [7, 11) is 0. The van der Waals surface area contributed by atoms with Crippen molar-refractivity contribution < 1.29 is 14.3 Å². The number of esters is 1. The summed E-state index contributed by atoms with van der Waals surface area (Å²) >= 11 is 14.0. The van der Waals surface area contributed by atoms with E-state index in [-0.39, 0.29) is 13.2 Å². The van der Waals surface area contributed by atoms with Gasteiger partial charge in [-0.25, -0.2) is 9.48 Å². The Labute approximate surface area is 269 Å². The molecule has 1 aliphatic heterocycles. The maximum absolute atomic E-state index is 13.7. The molecule has 0 bridgehead atoms. The van der Waals surface area contributed by atoms with Crippen LogP contribution >= 0.6 is 35.0 Å². The Balaban J connectivity index is 1.30. The van der Waals surface area contributed by atoms with Crippen molar-refractivity contribution in [2.24, 2.45) is 0 Å². The second-order valence-corrected chi connectivity index (χ2v) is 11.9. The number of nitrogens with zero attached hydrogens (tertiary/aromatic N) is 3. The monoisotopic (exact) mass is 642 g/mol. The topological polar surface area (TPSA) is 78.3 Å². The van der Waals surface area contributed by atoms with Crippen LogP contribution in [0.25, 0.3) is 0 Å². The van der Waals surface area contributed by atoms with Crippen molar-refractivity contribution in [3.63, 3.8) is 0 Å². The fourth-order valence-electron chi connectivity index (χ4n) is 4.86. The lowest BCUT2D eigenvalue weighted by molar-refractivity contribution is -0.140. The van der Waals surface area contributed by atoms with E-state index in [1.54, 1.807) is 16.8 Å². The van der Waals surface area contributed by atoms with Crippen LogP contribution in [0.3, 0.4) is 0 Å². The average molecular weight is 644 g/mol. The SMILES string of the molecule is CC1=C(C(=O)OCc2ccccc2)C(c2cccc(OCc3ccc(Cl)cc3Cl)c2)n2nc(SCc3ccccc3)nc2N1. The maximum Gasteiger partial charge on any atom is 0.338 e. The third-order valence-corrected chi connectivity index (χ3v) is 8.56. The van der Waals surface area contributed by atoms with E-state index in [4.69, 9.17) is 42.8 Å². The highest BCUT2D eigenvalue weighted by Gasteiger charge is 2.35. The molecule has 0 saturated heterocycles. The van der Waals surface area contributed by atoms with Crippen LogP contribution in [0.1, 0.15) is 35.2 Å². The Morgan fingerprint density at radius 1 is 0.909 bits per heavy atom. The number of carbonyl (C=O) groups excluding carboxylic acids is 1. The number of halogens is 2. The first kappa shape index (κ1) is 29.8. The number of anilines is 1. The number of nitrogens with one attached hydrogen (secondary N) is 1. The summed E-state index contributed by atoms with van der Waals surface area (Å²) in [4.78, 5) is 18.5. The van der Waals surface area contributed by atoms with Gasteiger partial charge in [0, 0.05) is 27.1 Å². The average Bonchev–Trinajstić information content (AvgIpc) is 3.45. The van der Waals surface area contributed by atoms with Gasteiger partial charge in [0.1, 0.15) is 25.0 Å². The zero-order chi connectivity index (χ0) is 30.5. The van der Waals surface area contributed by atoms with Crippen molar-refractivity contribution in [3.05, 3.63) is 147 Å². The van der Waals surface area contributed by atoms with Crippen molar-refractivity contribution in [1.82, 2.24) is 14.8 Å². The van der Waals surface area contributed by atoms with Gasteiger partial charge in [0.2, 0.25) is 11.1 Å². The van der Waals surface area contributed by atoms with E-state index in [0.29, 0.717) is 43.9 Å². The van der Waals surface area contributed by atoms with Crippen LogP contribution in [0, 0.1) is 0 Å². The molecule has 0 spiro atoms. The second-order valence-electron chi connectivity index (χ2n) is 10.2. The summed E-state index contributed by atoms with van der Waals surface area (Å²) in [5, 5.41) is 9.81. The molecular formula is C34H28Cl2N4O3S. The molecule has 2 heterocycles. The quantitative estimate of drug-likeness (QED) is 0.121. The lowest BCUT2D eigenvalue weighted by atomic mass is 9.95. The summed E-state index contributed by atoms with van der Waals surface area (Å²) in [5.74, 6) is 1.43. The minimum atomic E-state index is -0.601. The summed E-state index contributed by atoms with van der Waals surface area (Å²) in [6.07, 6.45) is 0. The van der Waals surface area contributed by atoms with Crippen LogP contribution in [0.4, 0.5) is 5.95 Å². The molecule has 1 aromatic heterocycles. The molecule has 0 amide bonds. The van der Waals surface area contributed by atoms with Crippen molar-refractivity contribution in [2.75, 3.05) is 5.32 Å². The van der Waals surface area contributed by atoms with Gasteiger partial charge in [-0.1, -0.05) is 114 Å². The van der Waals surface area contributed by atoms with Crippen LogP contribution < -0.4 is 10.1 Å². The fraction of sp³-hybridized carbons (Fsp3) is 0.147. The number of benzene rings is 4. The molecule has 1 aliphatic rings. The van der Waals surface area contributed by atoms with Gasteiger partial charge < -0.3 is 14.8 Å². The molecule has 10 heteroatoms. The highest BCUT2D eigenvalue weighted by Crippen LogP contribution is 2.38. The van der Waals surface area contributed by atoms with Crippen LogP contribution in [-0.2, 0) is 28.5 Å². The molecule has 4 aromatic carbocycles. The molecule has 7 nitrogen and oxygen atoms in total. The predicted octanol–water partition coefficient (Wildman–Crippen LogP) is 8.49. The smallest absolute Gasteiger partial charge is 0.338 e. The van der Waals surface area contributed by atoms with E-state index in [2.05, 4.69) is 17.4 Å². The molecule has 0 radical (unpaired) electrons. The van der Waals surface area contributed by atoms with Gasteiger partial charge in [0.25, 0.3) is 0 Å². The molecule has 44 heavy (non-hydrogen) atoms. The summed E-state index contributed by atoms with van der Waals surface area (Å²) < 4.78 is 13.7. The third-order valence-electron chi connectivity index (χ3n) is 7.06. The van der Waals surface area contributed by atoms with Gasteiger partial charge in [-0.2, -0.15) is 4.98 Å². The van der Waals surface area contributed by atoms with Crippen molar-refractivity contribution in [2.45, 2.75) is 37.1 Å². The minimum absolute atomic E-state index is 0.149. The van der Waals surface area contributed by atoms with Gasteiger partial charge in [-0.3, -0.25) is 0 Å². The van der Waals surface area contributed by atoms with E-state index in [1.807, 2.05) is 85.8 Å². The number of aromatic nitrogens is 3. The van der Waals surface area contributed by atoms with Crippen molar-refractivity contribution in [1.29, 1.82) is 0 Å². The Morgan fingerprint density at radius 2 is 1.66 bits per heavy atom. The standard InChI is InChI=1S/C34H28Cl2N4O3S/c1-22-30(32(41)43-19-23-9-4-2-5-10-23)31(40-33(37-22)38-34(39-40)44-21-24-11-6-3-7-12-24)25-13-8-14-28(17-25)42-20-26-15-16-27(35)18-29(26)36/h2-18,31H,19-21H2,1H3,(H,37,38,39). The summed E-state index contributed by atoms with van der Waals surface area (Å²) in [6, 6.07) is 32.0. The largest absolute Gasteiger partial charge is 0.489 e. The molecular weight excluding hydrogens is 615 g/mol. The number of fused-ring (bicyclic) bond motifs is 1. The summed E-state index contributed by atoms with van der Waals surface area (Å²) in [6.45, 7) is 2.25. The molecule has 6 rings (SSSR count). The minimum Gasteiger partial charge on any atom is -0.489 e. The molecule has 1 atom stereocenters. The lowest BCUT2D eigenvalue weighted by Gasteiger charge is -2.28. The van der Waals surface area contributed by atoms with Gasteiger partial charge in [0.15, 0.2) is 0 Å². The zero-order valence-electron chi connectivity index (χ0n) is 23.7. The molecule has 0 fully saturated rings. The van der Waals surface area contributed by atoms with Crippen LogP contribution in [0.2, 0.25) is 10.0 Å². The number of carbonyl (C=O) groups is 1. The van der Waals surface area contributed by atoms with Gasteiger partial charge >= 0.3 is 5.97 Å². The maximum atomic E-state index is 13.7. The molecule has 0 aliphatic carbocycles. The van der Waals surface area contributed by atoms with E-state index in [9.17, 15) is 4.79 Å². The number of rotatable bonds is 10. The van der Waals surface area contributed by atoms with Crippen LogP contribution in [0.5, 0.6) is 5.75 Å². The first-order chi connectivity index (χ1) is 21.4. The zero-order valence-corrected chi connectivity index (χ0v) is 26.1. The fourth-order valence-corrected chi connectivity index (χ4v) is 6.11. The van der Waals surface area contributed by atoms with Gasteiger partial charge in [0.05, 0.1) is 5.57 Å². The van der Waals surface area contributed by atoms with E-state index < -0.39 is 12.0 Å². The Morgan fingerprint density at radius 3 is 2.41 bits per heavy atom. The van der Waals surface area contributed by atoms with Crippen molar-refractivity contribution in [3.8, 4) is 5.75 Å². The van der Waals surface area contributed by atoms with Gasteiger partial charge in [-0.15, -0.1) is 5.10 Å². The van der Waals surface area contributed by atoms with E-state index >= 15 is 0 Å². The van der Waals surface area contributed by atoms with Crippen molar-refractivity contribution >= 4 is 46.9 Å². The molecule has 1 unspecified atom stereocenters. The summed E-state index contributed by atoms with van der Waals surface area (Å²) in [5.41, 5.74) is 4.75. The number of thioether (sulfide) groups is 1. The number of allylic oxidation sites excluding steroid dienone is 1. The molecule has 1 N–H and O–H groups in total. The molecule has 0 saturated carbocycles. The second kappa shape index (κ2) is 13.6. The van der Waals surface area contributed by atoms with Crippen LogP contribution in [0.15, 0.2) is 120 Å². The Hall–Kier alpha value is -4.24. The Bertz CT molecular complexity index is 1810. The number of ether oxygens (including phenoxy) is 2. The highest BCUT2D eigenvalue weighted by molar-refractivity contribution is 7.98. The van der Waals surface area contributed by atoms with E-state index in [0.717, 1.165) is 16.7 Å². The van der Waals surface area contributed by atoms with Crippen LogP contribution in [-0.4, -0.2) is 20.7 Å². The highest BCUT2D eigenvalue weighted by atomic mass is 35.5. The first-order valence-corrected chi connectivity index (χ1v) is 15.7. The molecule has 222 valence electrons. The van der Waals surface area contributed by atoms with E-state index in [1.165, 1.54) is 17.3 Å². The Kier molecular flexibility index (Phi) is 9.21. The molecule has 5 aromatic rings. The third kappa shape index (κ3) is 6.94. The number of hydrogen-bond acceptors (Lipinski definition) is 7. The normalized spacial score (nSPS) is 14.1. The predicted molar refractivity (Wildman–Crippen MR) is 174 cm³/mol.